The molecule has 26 heavy (non-hydrogen) atoms. The molecule has 1 aromatic carbocycles. The van der Waals surface area contributed by atoms with Crippen LogP contribution < -0.4 is 10.2 Å². The summed E-state index contributed by atoms with van der Waals surface area (Å²) in [5.74, 6) is -0.124. The summed E-state index contributed by atoms with van der Waals surface area (Å²) < 4.78 is 26.0. The molecule has 0 radical (unpaired) electrons. The highest BCUT2D eigenvalue weighted by Gasteiger charge is 2.23. The Morgan fingerprint density at radius 2 is 1.92 bits per heavy atom. The van der Waals surface area contributed by atoms with Crippen LogP contribution in [0.25, 0.3) is 0 Å². The molecular weight excluding hydrogens is 352 g/mol. The molecule has 1 fully saturated rings. The molecule has 1 aliphatic heterocycles. The maximum absolute atomic E-state index is 12.6. The minimum Gasteiger partial charge on any atom is -0.376 e. The van der Waals surface area contributed by atoms with Crippen molar-refractivity contribution in [2.75, 3.05) is 51.5 Å². The van der Waals surface area contributed by atoms with Gasteiger partial charge in [0.2, 0.25) is 15.9 Å². The number of anilines is 2. The number of rotatable bonds is 6. The van der Waals surface area contributed by atoms with Crippen molar-refractivity contribution in [3.8, 4) is 0 Å². The number of piperidine rings is 1. The molecule has 0 bridgehead atoms. The van der Waals surface area contributed by atoms with Crippen LogP contribution in [0.4, 0.5) is 11.4 Å². The molecule has 0 spiro atoms. The fraction of sp³-hybridized carbons (Fsp3) is 0.611. The second-order valence-electron chi connectivity index (χ2n) is 7.22. The van der Waals surface area contributed by atoms with E-state index in [-0.39, 0.29) is 10.8 Å². The van der Waals surface area contributed by atoms with Crippen LogP contribution in [0.15, 0.2) is 23.1 Å². The smallest absolute Gasteiger partial charge is 0.242 e. The zero-order chi connectivity index (χ0) is 19.5. The summed E-state index contributed by atoms with van der Waals surface area (Å²) in [6, 6.07) is 5.20. The molecule has 146 valence electrons. The predicted molar refractivity (Wildman–Crippen MR) is 105 cm³/mol. The van der Waals surface area contributed by atoms with Gasteiger partial charge in [0.25, 0.3) is 0 Å². The summed E-state index contributed by atoms with van der Waals surface area (Å²) in [4.78, 5) is 16.8. The Morgan fingerprint density at radius 1 is 1.23 bits per heavy atom. The van der Waals surface area contributed by atoms with Crippen molar-refractivity contribution in [1.29, 1.82) is 0 Å². The number of amides is 1. The lowest BCUT2D eigenvalue weighted by Gasteiger charge is -2.32. The minimum atomic E-state index is -3.56. The monoisotopic (exact) mass is 382 g/mol. The number of carbonyl (C=O) groups is 1. The molecule has 1 amide bonds. The maximum atomic E-state index is 12.6. The first kappa shape index (κ1) is 20.7. The molecule has 0 unspecified atom stereocenters. The third kappa shape index (κ3) is 4.75. The molecule has 1 saturated heterocycles. The van der Waals surface area contributed by atoms with E-state index >= 15 is 0 Å². The van der Waals surface area contributed by atoms with Crippen molar-refractivity contribution in [2.24, 2.45) is 0 Å². The van der Waals surface area contributed by atoms with E-state index < -0.39 is 10.0 Å². The molecule has 0 aromatic heterocycles. The standard InChI is InChI=1S/C18H30N4O3S/c1-14-8-6-7-11-22(14)13-18(23)19-16-12-15(26(24,25)21(4)5)9-10-17(16)20(2)3/h9-10,12,14H,6-8,11,13H2,1-5H3,(H,19,23)/t14-/m1/s1. The van der Waals surface area contributed by atoms with Gasteiger partial charge in [-0.15, -0.1) is 0 Å². The van der Waals surface area contributed by atoms with Crippen molar-refractivity contribution in [2.45, 2.75) is 37.1 Å². The highest BCUT2D eigenvalue weighted by Crippen LogP contribution is 2.28. The number of carbonyl (C=O) groups excluding carboxylic acids is 1. The molecule has 1 aromatic rings. The maximum Gasteiger partial charge on any atom is 0.242 e. The number of hydrogen-bond acceptors (Lipinski definition) is 5. The Hall–Kier alpha value is -1.64. The average molecular weight is 383 g/mol. The average Bonchev–Trinajstić information content (AvgIpc) is 2.56. The van der Waals surface area contributed by atoms with Gasteiger partial charge in [-0.25, -0.2) is 12.7 Å². The SMILES string of the molecule is C[C@@H]1CCCCN1CC(=O)Nc1cc(S(=O)(=O)N(C)C)ccc1N(C)C. The molecule has 1 atom stereocenters. The minimum absolute atomic E-state index is 0.124. The van der Waals surface area contributed by atoms with E-state index in [9.17, 15) is 13.2 Å². The lowest BCUT2D eigenvalue weighted by atomic mass is 10.0. The van der Waals surface area contributed by atoms with E-state index in [1.54, 1.807) is 12.1 Å². The van der Waals surface area contributed by atoms with E-state index in [0.29, 0.717) is 18.3 Å². The number of benzene rings is 1. The molecule has 1 N–H and O–H groups in total. The van der Waals surface area contributed by atoms with Crippen LogP contribution in [0, 0.1) is 0 Å². The summed E-state index contributed by atoms with van der Waals surface area (Å²) in [5.41, 5.74) is 1.27. The Labute approximate surface area is 157 Å². The zero-order valence-electron chi connectivity index (χ0n) is 16.3. The highest BCUT2D eigenvalue weighted by atomic mass is 32.2. The summed E-state index contributed by atoms with van der Waals surface area (Å²) >= 11 is 0. The second-order valence-corrected chi connectivity index (χ2v) is 9.38. The summed E-state index contributed by atoms with van der Waals surface area (Å²) in [6.45, 7) is 3.38. The van der Waals surface area contributed by atoms with E-state index in [2.05, 4.69) is 17.1 Å². The molecule has 0 aliphatic carbocycles. The van der Waals surface area contributed by atoms with Crippen molar-refractivity contribution < 1.29 is 13.2 Å². The van der Waals surface area contributed by atoms with Crippen molar-refractivity contribution in [3.63, 3.8) is 0 Å². The molecule has 7 nitrogen and oxygen atoms in total. The third-order valence-corrected chi connectivity index (χ3v) is 6.60. The van der Waals surface area contributed by atoms with Crippen LogP contribution >= 0.6 is 0 Å². The Bertz CT molecular complexity index is 747. The van der Waals surface area contributed by atoms with Crippen LogP contribution in [0.1, 0.15) is 26.2 Å². The van der Waals surface area contributed by atoms with Crippen LogP contribution in [0.3, 0.4) is 0 Å². The normalized spacial score (nSPS) is 18.8. The van der Waals surface area contributed by atoms with Gasteiger partial charge < -0.3 is 10.2 Å². The topological polar surface area (TPSA) is 73.0 Å². The van der Waals surface area contributed by atoms with Crippen LogP contribution in [0.2, 0.25) is 0 Å². The fourth-order valence-corrected chi connectivity index (χ4v) is 4.07. The Kier molecular flexibility index (Phi) is 6.65. The number of likely N-dealkylation sites (tertiary alicyclic amines) is 1. The third-order valence-electron chi connectivity index (χ3n) is 4.79. The first-order chi connectivity index (χ1) is 12.1. The van der Waals surface area contributed by atoms with Crippen LogP contribution in [0.5, 0.6) is 0 Å². The molecule has 2 rings (SSSR count). The van der Waals surface area contributed by atoms with E-state index in [0.717, 1.165) is 25.1 Å². The first-order valence-corrected chi connectivity index (χ1v) is 10.3. The summed E-state index contributed by atoms with van der Waals surface area (Å²) in [6.07, 6.45) is 3.42. The molecule has 1 aliphatic rings. The largest absolute Gasteiger partial charge is 0.376 e. The van der Waals surface area contributed by atoms with Crippen molar-refractivity contribution in [3.05, 3.63) is 18.2 Å². The van der Waals surface area contributed by atoms with Gasteiger partial charge in [-0.2, -0.15) is 0 Å². The van der Waals surface area contributed by atoms with Crippen LogP contribution in [-0.4, -0.2) is 70.9 Å². The Balaban J connectivity index is 2.24. The molecular formula is C18H30N4O3S. The zero-order valence-corrected chi connectivity index (χ0v) is 17.1. The van der Waals surface area contributed by atoms with Gasteiger partial charge in [0, 0.05) is 34.2 Å². The van der Waals surface area contributed by atoms with Crippen LogP contribution in [-0.2, 0) is 14.8 Å². The van der Waals surface area contributed by atoms with Gasteiger partial charge in [-0.3, -0.25) is 9.69 Å². The first-order valence-electron chi connectivity index (χ1n) is 8.90. The number of sulfonamides is 1. The summed E-state index contributed by atoms with van der Waals surface area (Å²) in [5, 5.41) is 2.91. The highest BCUT2D eigenvalue weighted by molar-refractivity contribution is 7.89. The molecule has 8 heteroatoms. The van der Waals surface area contributed by atoms with Gasteiger partial charge in [0.1, 0.15) is 0 Å². The fourth-order valence-electron chi connectivity index (χ4n) is 3.14. The van der Waals surface area contributed by atoms with E-state index in [4.69, 9.17) is 0 Å². The van der Waals surface area contributed by atoms with Gasteiger partial charge in [-0.05, 0) is 44.5 Å². The van der Waals surface area contributed by atoms with E-state index in [1.807, 2.05) is 19.0 Å². The second kappa shape index (κ2) is 8.37. The van der Waals surface area contributed by atoms with Gasteiger partial charge in [0.05, 0.1) is 22.8 Å². The number of nitrogens with one attached hydrogen (secondary N) is 1. The molecule has 1 heterocycles. The summed E-state index contributed by atoms with van der Waals surface area (Å²) in [7, 11) is 3.14. The lowest BCUT2D eigenvalue weighted by molar-refractivity contribution is -0.118. The predicted octanol–water partition coefficient (Wildman–Crippen LogP) is 1.82. The lowest BCUT2D eigenvalue weighted by Crippen LogP contribution is -2.42. The Morgan fingerprint density at radius 3 is 2.50 bits per heavy atom. The van der Waals surface area contributed by atoms with Gasteiger partial charge in [0.15, 0.2) is 0 Å². The van der Waals surface area contributed by atoms with Gasteiger partial charge >= 0.3 is 0 Å². The quantitative estimate of drug-likeness (QED) is 0.812. The number of nitrogens with zero attached hydrogens (tertiary/aromatic N) is 3. The number of hydrogen-bond donors (Lipinski definition) is 1. The van der Waals surface area contributed by atoms with Crippen molar-refractivity contribution in [1.82, 2.24) is 9.21 Å². The molecule has 0 saturated carbocycles. The van der Waals surface area contributed by atoms with Gasteiger partial charge in [-0.1, -0.05) is 6.42 Å². The van der Waals surface area contributed by atoms with E-state index in [1.165, 1.54) is 30.9 Å². The van der Waals surface area contributed by atoms with Crippen molar-refractivity contribution >= 4 is 27.3 Å².